The molecule has 3 amide bonds. The summed E-state index contributed by atoms with van der Waals surface area (Å²) in [5, 5.41) is 2.85. The van der Waals surface area contributed by atoms with Crippen LogP contribution in [0.25, 0.3) is 5.70 Å². The Morgan fingerprint density at radius 3 is 2.46 bits per heavy atom. The molecule has 1 N–H and O–H groups in total. The van der Waals surface area contributed by atoms with E-state index in [-0.39, 0.29) is 40.1 Å². The van der Waals surface area contributed by atoms with Crippen LogP contribution < -0.4 is 5.32 Å². The van der Waals surface area contributed by atoms with Gasteiger partial charge in [0.25, 0.3) is 0 Å². The van der Waals surface area contributed by atoms with Gasteiger partial charge in [-0.25, -0.2) is 14.4 Å². The molecule has 0 spiro atoms. The molecule has 0 aliphatic carbocycles. The maximum absolute atomic E-state index is 12.5. The number of hydrogen-bond acceptors (Lipinski definition) is 5. The van der Waals surface area contributed by atoms with E-state index in [1.165, 1.54) is 0 Å². The molecule has 0 bridgehead atoms. The van der Waals surface area contributed by atoms with Gasteiger partial charge in [0, 0.05) is 5.56 Å². The molecular weight excluding hydrogens is 383 g/mol. The van der Waals surface area contributed by atoms with Crippen LogP contribution in [0.2, 0.25) is 10.0 Å². The van der Waals surface area contributed by atoms with E-state index in [1.54, 1.807) is 39.0 Å². The van der Waals surface area contributed by atoms with E-state index in [1.807, 2.05) is 0 Å². The lowest BCUT2D eigenvalue weighted by Crippen LogP contribution is -2.53. The summed E-state index contributed by atoms with van der Waals surface area (Å²) >= 11 is 12.4. The number of rotatable bonds is 4. The molecule has 140 valence electrons. The maximum Gasteiger partial charge on any atom is 0.422 e. The fraction of sp³-hybridized carbons (Fsp3) is 0.353. The van der Waals surface area contributed by atoms with Gasteiger partial charge in [-0.2, -0.15) is 4.90 Å². The number of imide groups is 1. The molecule has 1 aromatic carbocycles. The van der Waals surface area contributed by atoms with Gasteiger partial charge in [-0.1, -0.05) is 35.3 Å². The van der Waals surface area contributed by atoms with E-state index < -0.39 is 24.1 Å². The molecule has 1 heterocycles. The summed E-state index contributed by atoms with van der Waals surface area (Å²) in [5.41, 5.74) is 0.311. The van der Waals surface area contributed by atoms with Crippen LogP contribution in [-0.2, 0) is 14.3 Å². The number of halogens is 2. The molecule has 7 nitrogen and oxygen atoms in total. The SMILES string of the molecule is CCOC(=O)C1=C(c2cccc(Cl)c2Cl)N(C(=O)OCC)C(=O)NC1C. The summed E-state index contributed by atoms with van der Waals surface area (Å²) in [6.07, 6.45) is -0.940. The summed E-state index contributed by atoms with van der Waals surface area (Å²) in [5.74, 6) is -0.680. The van der Waals surface area contributed by atoms with Crippen molar-refractivity contribution >= 4 is 47.0 Å². The minimum atomic E-state index is -0.940. The minimum absolute atomic E-state index is 0.00866. The molecule has 2 rings (SSSR count). The third-order valence-corrected chi connectivity index (χ3v) is 4.43. The van der Waals surface area contributed by atoms with Gasteiger partial charge < -0.3 is 14.8 Å². The lowest BCUT2D eigenvalue weighted by molar-refractivity contribution is -0.138. The lowest BCUT2D eigenvalue weighted by atomic mass is 9.98. The zero-order valence-corrected chi connectivity index (χ0v) is 16.0. The number of esters is 1. The molecule has 0 saturated heterocycles. The molecule has 1 aliphatic rings. The number of amides is 3. The third kappa shape index (κ3) is 3.78. The average Bonchev–Trinajstić information content (AvgIpc) is 2.57. The van der Waals surface area contributed by atoms with Crippen LogP contribution in [0.15, 0.2) is 23.8 Å². The minimum Gasteiger partial charge on any atom is -0.463 e. The second-order valence-corrected chi connectivity index (χ2v) is 6.07. The Kier molecular flexibility index (Phi) is 6.50. The standard InChI is InChI=1S/C17H18Cl2N2O5/c1-4-25-15(22)12-9(3)20-16(23)21(17(24)26-5-2)14(12)10-7-6-8-11(18)13(10)19/h6-9H,4-5H2,1-3H3,(H,20,23). The molecular formula is C17H18Cl2N2O5. The number of nitrogens with zero attached hydrogens (tertiary/aromatic N) is 1. The monoisotopic (exact) mass is 400 g/mol. The van der Waals surface area contributed by atoms with Gasteiger partial charge in [0.05, 0.1) is 40.6 Å². The molecule has 1 aromatic rings. The molecule has 9 heteroatoms. The smallest absolute Gasteiger partial charge is 0.422 e. The van der Waals surface area contributed by atoms with Crippen molar-refractivity contribution in [3.63, 3.8) is 0 Å². The summed E-state index contributed by atoms with van der Waals surface area (Å²) in [7, 11) is 0. The predicted molar refractivity (Wildman–Crippen MR) is 96.9 cm³/mol. The Morgan fingerprint density at radius 2 is 1.85 bits per heavy atom. The summed E-state index contributed by atoms with van der Waals surface area (Å²) in [4.78, 5) is 38.1. The summed E-state index contributed by atoms with van der Waals surface area (Å²) in [6.45, 7) is 5.03. The van der Waals surface area contributed by atoms with Gasteiger partial charge in [-0.3, -0.25) is 0 Å². The number of urea groups is 1. The van der Waals surface area contributed by atoms with Crippen molar-refractivity contribution in [1.82, 2.24) is 10.2 Å². The van der Waals surface area contributed by atoms with Gasteiger partial charge in [0.2, 0.25) is 0 Å². The Morgan fingerprint density at radius 1 is 1.19 bits per heavy atom. The van der Waals surface area contributed by atoms with E-state index in [9.17, 15) is 14.4 Å². The molecule has 1 unspecified atom stereocenters. The van der Waals surface area contributed by atoms with Crippen LogP contribution in [-0.4, -0.2) is 42.2 Å². The highest BCUT2D eigenvalue weighted by molar-refractivity contribution is 6.43. The van der Waals surface area contributed by atoms with Gasteiger partial charge in [0.15, 0.2) is 0 Å². The van der Waals surface area contributed by atoms with E-state index in [0.717, 1.165) is 4.90 Å². The van der Waals surface area contributed by atoms with E-state index in [0.29, 0.717) is 0 Å². The van der Waals surface area contributed by atoms with Gasteiger partial charge in [-0.15, -0.1) is 0 Å². The molecule has 0 radical (unpaired) electrons. The normalized spacial score (nSPS) is 17.0. The lowest BCUT2D eigenvalue weighted by Gasteiger charge is -2.33. The van der Waals surface area contributed by atoms with Crippen molar-refractivity contribution < 1.29 is 23.9 Å². The Hall–Kier alpha value is -2.25. The Bertz CT molecular complexity index is 778. The van der Waals surface area contributed by atoms with Crippen molar-refractivity contribution in [3.05, 3.63) is 39.4 Å². The quantitative estimate of drug-likeness (QED) is 0.775. The predicted octanol–water partition coefficient (Wildman–Crippen LogP) is 3.84. The molecule has 0 saturated carbocycles. The highest BCUT2D eigenvalue weighted by Crippen LogP contribution is 2.37. The van der Waals surface area contributed by atoms with Crippen LogP contribution in [0.1, 0.15) is 26.3 Å². The Labute approximate surface area is 160 Å². The zero-order valence-electron chi connectivity index (χ0n) is 14.5. The first-order valence-electron chi connectivity index (χ1n) is 7.96. The number of hydrogen-bond donors (Lipinski definition) is 1. The summed E-state index contributed by atoms with van der Waals surface area (Å²) in [6, 6.07) is 3.26. The van der Waals surface area contributed by atoms with Crippen molar-refractivity contribution in [1.29, 1.82) is 0 Å². The van der Waals surface area contributed by atoms with E-state index >= 15 is 0 Å². The van der Waals surface area contributed by atoms with Crippen molar-refractivity contribution in [2.24, 2.45) is 0 Å². The maximum atomic E-state index is 12.5. The number of ether oxygens (including phenoxy) is 2. The molecule has 0 fully saturated rings. The third-order valence-electron chi connectivity index (χ3n) is 3.61. The number of benzene rings is 1. The van der Waals surface area contributed by atoms with Gasteiger partial charge in [-0.05, 0) is 26.8 Å². The van der Waals surface area contributed by atoms with Gasteiger partial charge in [0.1, 0.15) is 0 Å². The molecule has 26 heavy (non-hydrogen) atoms. The van der Waals surface area contributed by atoms with Crippen LogP contribution in [0.3, 0.4) is 0 Å². The van der Waals surface area contributed by atoms with Crippen molar-refractivity contribution in [2.45, 2.75) is 26.8 Å². The number of carbonyl (C=O) groups is 3. The van der Waals surface area contributed by atoms with Crippen LogP contribution >= 0.6 is 23.2 Å². The number of carbonyl (C=O) groups excluding carboxylic acids is 3. The van der Waals surface area contributed by atoms with Crippen LogP contribution in [0, 0.1) is 0 Å². The fourth-order valence-electron chi connectivity index (χ4n) is 2.55. The van der Waals surface area contributed by atoms with Crippen molar-refractivity contribution in [2.75, 3.05) is 13.2 Å². The first kappa shape index (κ1) is 20.1. The van der Waals surface area contributed by atoms with E-state index in [4.69, 9.17) is 32.7 Å². The molecule has 0 aromatic heterocycles. The van der Waals surface area contributed by atoms with Gasteiger partial charge >= 0.3 is 18.1 Å². The Balaban J connectivity index is 2.78. The van der Waals surface area contributed by atoms with Crippen LogP contribution in [0.5, 0.6) is 0 Å². The first-order chi connectivity index (χ1) is 12.3. The van der Waals surface area contributed by atoms with Crippen LogP contribution in [0.4, 0.5) is 9.59 Å². The highest BCUT2D eigenvalue weighted by Gasteiger charge is 2.40. The topological polar surface area (TPSA) is 84.9 Å². The second kappa shape index (κ2) is 8.42. The molecule has 1 aliphatic heterocycles. The second-order valence-electron chi connectivity index (χ2n) is 5.29. The fourth-order valence-corrected chi connectivity index (χ4v) is 2.94. The summed E-state index contributed by atoms with van der Waals surface area (Å²) < 4.78 is 10.1. The molecule has 1 atom stereocenters. The highest BCUT2D eigenvalue weighted by atomic mass is 35.5. The number of nitrogens with one attached hydrogen (secondary N) is 1. The average molecular weight is 401 g/mol. The first-order valence-corrected chi connectivity index (χ1v) is 8.72. The van der Waals surface area contributed by atoms with E-state index in [2.05, 4.69) is 5.32 Å². The largest absolute Gasteiger partial charge is 0.463 e. The van der Waals surface area contributed by atoms with Crippen molar-refractivity contribution in [3.8, 4) is 0 Å². The zero-order chi connectivity index (χ0) is 19.4.